The van der Waals surface area contributed by atoms with E-state index in [9.17, 15) is 14.5 Å². The summed E-state index contributed by atoms with van der Waals surface area (Å²) in [6, 6.07) is 6.66. The fourth-order valence-corrected chi connectivity index (χ4v) is 1.71. The topological polar surface area (TPSA) is 77.3 Å². The molecule has 110 valence electrons. The van der Waals surface area contributed by atoms with Gasteiger partial charge in [0, 0.05) is 18.3 Å². The third kappa shape index (κ3) is 3.51. The predicted molar refractivity (Wildman–Crippen MR) is 74.8 cm³/mol. The average Bonchev–Trinajstić information content (AvgIpc) is 2.49. The van der Waals surface area contributed by atoms with Crippen LogP contribution in [-0.2, 0) is 0 Å². The number of nitrogens with zero attached hydrogens (tertiary/aromatic N) is 2. The highest BCUT2D eigenvalue weighted by Gasteiger charge is 2.17. The molecule has 2 rings (SSSR count). The molecule has 0 bridgehead atoms. The minimum Gasteiger partial charge on any atom is -0.432 e. The average molecular weight is 291 g/mol. The van der Waals surface area contributed by atoms with Crippen LogP contribution in [0.2, 0.25) is 0 Å². The van der Waals surface area contributed by atoms with Crippen LogP contribution in [0.1, 0.15) is 18.5 Å². The van der Waals surface area contributed by atoms with E-state index in [0.29, 0.717) is 0 Å². The Bertz CT molecular complexity index is 646. The highest BCUT2D eigenvalue weighted by molar-refractivity contribution is 5.47. The maximum Gasteiger partial charge on any atom is 0.314 e. The monoisotopic (exact) mass is 291 g/mol. The number of benzene rings is 1. The number of nitrogens with one attached hydrogen (secondary N) is 1. The van der Waals surface area contributed by atoms with E-state index in [4.69, 9.17) is 4.74 Å². The summed E-state index contributed by atoms with van der Waals surface area (Å²) in [6.45, 7) is 1.97. The standard InChI is InChI=1S/C14H14FN3O3/c1-9(16-2)10-3-6-14(17-8-10)21-13-5-4-11(15)7-12(13)18(19)20/h3-9,16H,1-2H3. The summed E-state index contributed by atoms with van der Waals surface area (Å²) < 4.78 is 18.4. The Labute approximate surface area is 120 Å². The number of rotatable bonds is 5. The van der Waals surface area contributed by atoms with Crippen molar-refractivity contribution in [2.75, 3.05) is 7.05 Å². The van der Waals surface area contributed by atoms with Crippen LogP contribution in [0.4, 0.5) is 10.1 Å². The Balaban J connectivity index is 2.24. The minimum atomic E-state index is -0.699. The predicted octanol–water partition coefficient (Wildman–Crippen LogP) is 3.20. The second-order valence-corrected chi connectivity index (χ2v) is 4.41. The third-order valence-electron chi connectivity index (χ3n) is 3.02. The van der Waals surface area contributed by atoms with Crippen molar-refractivity contribution in [1.82, 2.24) is 10.3 Å². The van der Waals surface area contributed by atoms with Crippen molar-refractivity contribution in [3.05, 3.63) is 58.0 Å². The van der Waals surface area contributed by atoms with Crippen molar-refractivity contribution < 1.29 is 14.1 Å². The van der Waals surface area contributed by atoms with Gasteiger partial charge in [0.2, 0.25) is 11.6 Å². The highest BCUT2D eigenvalue weighted by atomic mass is 19.1. The van der Waals surface area contributed by atoms with E-state index >= 15 is 0 Å². The number of nitro benzene ring substituents is 1. The molecule has 7 heteroatoms. The molecule has 21 heavy (non-hydrogen) atoms. The van der Waals surface area contributed by atoms with E-state index in [0.717, 1.165) is 17.7 Å². The van der Waals surface area contributed by atoms with Crippen LogP contribution in [0.3, 0.4) is 0 Å². The largest absolute Gasteiger partial charge is 0.432 e. The molecule has 1 N–H and O–H groups in total. The van der Waals surface area contributed by atoms with Crippen LogP contribution in [0.25, 0.3) is 0 Å². The fraction of sp³-hybridized carbons (Fsp3) is 0.214. The first-order valence-electron chi connectivity index (χ1n) is 6.26. The summed E-state index contributed by atoms with van der Waals surface area (Å²) in [7, 11) is 1.83. The zero-order valence-electron chi connectivity index (χ0n) is 11.5. The van der Waals surface area contributed by atoms with Crippen LogP contribution in [0, 0.1) is 15.9 Å². The smallest absolute Gasteiger partial charge is 0.314 e. The number of nitro groups is 1. The first kappa shape index (κ1) is 14.9. The Morgan fingerprint density at radius 3 is 2.71 bits per heavy atom. The van der Waals surface area contributed by atoms with Gasteiger partial charge in [-0.15, -0.1) is 0 Å². The summed E-state index contributed by atoms with van der Waals surface area (Å²) >= 11 is 0. The highest BCUT2D eigenvalue weighted by Crippen LogP contribution is 2.31. The van der Waals surface area contributed by atoms with Crippen molar-refractivity contribution in [3.8, 4) is 11.6 Å². The molecule has 0 saturated carbocycles. The zero-order valence-corrected chi connectivity index (χ0v) is 11.5. The van der Waals surface area contributed by atoms with Gasteiger partial charge in [-0.3, -0.25) is 10.1 Å². The molecule has 0 radical (unpaired) electrons. The lowest BCUT2D eigenvalue weighted by atomic mass is 10.1. The molecule has 0 saturated heterocycles. The summed E-state index contributed by atoms with van der Waals surface area (Å²) in [5.41, 5.74) is 0.517. The molecular formula is C14H14FN3O3. The molecular weight excluding hydrogens is 277 g/mol. The van der Waals surface area contributed by atoms with Gasteiger partial charge in [-0.25, -0.2) is 9.37 Å². The van der Waals surface area contributed by atoms with Gasteiger partial charge in [0.1, 0.15) is 5.82 Å². The Morgan fingerprint density at radius 2 is 2.14 bits per heavy atom. The van der Waals surface area contributed by atoms with Gasteiger partial charge in [0.15, 0.2) is 0 Å². The van der Waals surface area contributed by atoms with E-state index in [2.05, 4.69) is 10.3 Å². The SMILES string of the molecule is CNC(C)c1ccc(Oc2ccc(F)cc2[N+](=O)[O-])nc1. The van der Waals surface area contributed by atoms with E-state index in [1.54, 1.807) is 18.3 Å². The second kappa shape index (κ2) is 6.27. The van der Waals surface area contributed by atoms with E-state index in [1.807, 2.05) is 14.0 Å². The first-order valence-corrected chi connectivity index (χ1v) is 6.26. The van der Waals surface area contributed by atoms with Crippen molar-refractivity contribution in [2.45, 2.75) is 13.0 Å². The van der Waals surface area contributed by atoms with Crippen LogP contribution in [-0.4, -0.2) is 17.0 Å². The van der Waals surface area contributed by atoms with Crippen molar-refractivity contribution in [3.63, 3.8) is 0 Å². The molecule has 0 aliphatic heterocycles. The molecule has 2 aromatic rings. The Hall–Kier alpha value is -2.54. The van der Waals surface area contributed by atoms with Gasteiger partial charge < -0.3 is 10.1 Å². The number of aromatic nitrogens is 1. The fourth-order valence-electron chi connectivity index (χ4n) is 1.71. The van der Waals surface area contributed by atoms with Gasteiger partial charge in [0.25, 0.3) is 0 Å². The Morgan fingerprint density at radius 1 is 1.38 bits per heavy atom. The maximum atomic E-state index is 13.0. The molecule has 0 fully saturated rings. The lowest BCUT2D eigenvalue weighted by molar-refractivity contribution is -0.385. The van der Waals surface area contributed by atoms with Crippen molar-refractivity contribution >= 4 is 5.69 Å². The normalized spacial score (nSPS) is 12.0. The summed E-state index contributed by atoms with van der Waals surface area (Å²) in [6.07, 6.45) is 1.62. The molecule has 0 amide bonds. The second-order valence-electron chi connectivity index (χ2n) is 4.41. The summed E-state index contributed by atoms with van der Waals surface area (Å²) in [4.78, 5) is 14.3. The number of pyridine rings is 1. The summed E-state index contributed by atoms with van der Waals surface area (Å²) in [5.74, 6) is -0.541. The number of hydrogen-bond donors (Lipinski definition) is 1. The van der Waals surface area contributed by atoms with Gasteiger partial charge in [-0.05, 0) is 31.7 Å². The Kier molecular flexibility index (Phi) is 4.44. The van der Waals surface area contributed by atoms with Crippen LogP contribution in [0.15, 0.2) is 36.5 Å². The van der Waals surface area contributed by atoms with Crippen LogP contribution < -0.4 is 10.1 Å². The molecule has 1 heterocycles. The van der Waals surface area contributed by atoms with Crippen LogP contribution in [0.5, 0.6) is 11.6 Å². The molecule has 1 aromatic carbocycles. The van der Waals surface area contributed by atoms with Gasteiger partial charge in [-0.1, -0.05) is 6.07 Å². The molecule has 1 atom stereocenters. The third-order valence-corrected chi connectivity index (χ3v) is 3.02. The molecule has 6 nitrogen and oxygen atoms in total. The maximum absolute atomic E-state index is 13.0. The summed E-state index contributed by atoms with van der Waals surface area (Å²) in [5, 5.41) is 13.9. The van der Waals surface area contributed by atoms with E-state index < -0.39 is 16.4 Å². The molecule has 1 aromatic heterocycles. The van der Waals surface area contributed by atoms with E-state index in [-0.39, 0.29) is 17.7 Å². The van der Waals surface area contributed by atoms with Gasteiger partial charge in [0.05, 0.1) is 11.0 Å². The molecule has 0 spiro atoms. The number of ether oxygens (including phenoxy) is 1. The zero-order chi connectivity index (χ0) is 15.4. The number of halogens is 1. The van der Waals surface area contributed by atoms with Gasteiger partial charge >= 0.3 is 5.69 Å². The van der Waals surface area contributed by atoms with Crippen molar-refractivity contribution in [2.24, 2.45) is 0 Å². The molecule has 0 aliphatic rings. The quantitative estimate of drug-likeness (QED) is 0.676. The molecule has 1 unspecified atom stereocenters. The lowest BCUT2D eigenvalue weighted by Gasteiger charge is -2.10. The minimum absolute atomic E-state index is 0.0525. The van der Waals surface area contributed by atoms with Crippen LogP contribution >= 0.6 is 0 Å². The first-order chi connectivity index (χ1) is 10.0. The van der Waals surface area contributed by atoms with Gasteiger partial charge in [-0.2, -0.15) is 0 Å². The number of hydrogen-bond acceptors (Lipinski definition) is 5. The van der Waals surface area contributed by atoms with Crippen molar-refractivity contribution in [1.29, 1.82) is 0 Å². The molecule has 0 aliphatic carbocycles. The van der Waals surface area contributed by atoms with E-state index in [1.165, 1.54) is 6.07 Å². The lowest BCUT2D eigenvalue weighted by Crippen LogP contribution is -2.12.